The molecule has 0 unspecified atom stereocenters. The van der Waals surface area contributed by atoms with Gasteiger partial charge in [0.1, 0.15) is 28.5 Å². The average Bonchev–Trinajstić information content (AvgIpc) is 3.02. The molecule has 0 aliphatic heterocycles. The van der Waals surface area contributed by atoms with Crippen LogP contribution in [0.15, 0.2) is 17.7 Å². The van der Waals surface area contributed by atoms with E-state index in [1.165, 1.54) is 17.4 Å². The van der Waals surface area contributed by atoms with E-state index in [0.717, 1.165) is 43.3 Å². The predicted molar refractivity (Wildman–Crippen MR) is 126 cm³/mol. The number of methoxy groups -OCH3 is 1. The van der Waals surface area contributed by atoms with Gasteiger partial charge in [-0.15, -0.1) is 11.3 Å². The van der Waals surface area contributed by atoms with Crippen molar-refractivity contribution in [3.63, 3.8) is 0 Å². The molecule has 0 saturated heterocycles. The van der Waals surface area contributed by atoms with Crippen LogP contribution < -0.4 is 10.1 Å². The number of carbonyl (C=O) groups is 1. The van der Waals surface area contributed by atoms with Gasteiger partial charge in [-0.1, -0.05) is 0 Å². The number of hydrogen-bond donors (Lipinski definition) is 1. The molecule has 1 N–H and O–H groups in total. The lowest BCUT2D eigenvalue weighted by atomic mass is 9.96. The van der Waals surface area contributed by atoms with E-state index in [4.69, 9.17) is 4.74 Å². The zero-order valence-corrected chi connectivity index (χ0v) is 20.1. The molecule has 0 fully saturated rings. The van der Waals surface area contributed by atoms with E-state index in [9.17, 15) is 15.3 Å². The second kappa shape index (κ2) is 9.25. The Bertz CT molecular complexity index is 1060. The SMILES string of the molecule is COc1c(I)cc(I)cc1/C=C(\C#N)C(=O)Nc1sc2c(c1C#N)CCCC2. The Morgan fingerprint density at radius 3 is 2.71 bits per heavy atom. The summed E-state index contributed by atoms with van der Waals surface area (Å²) in [6.07, 6.45) is 5.48. The molecule has 0 saturated carbocycles. The van der Waals surface area contributed by atoms with Gasteiger partial charge < -0.3 is 10.1 Å². The number of rotatable bonds is 4. The van der Waals surface area contributed by atoms with Gasteiger partial charge in [0, 0.05) is 14.0 Å². The van der Waals surface area contributed by atoms with Crippen LogP contribution in [0.5, 0.6) is 5.75 Å². The molecule has 3 rings (SSSR count). The summed E-state index contributed by atoms with van der Waals surface area (Å²) >= 11 is 5.78. The minimum absolute atomic E-state index is 0.0358. The van der Waals surface area contributed by atoms with Gasteiger partial charge in [0.05, 0.1) is 16.2 Å². The summed E-state index contributed by atoms with van der Waals surface area (Å²) in [4.78, 5) is 13.9. The van der Waals surface area contributed by atoms with Crippen molar-refractivity contribution in [1.29, 1.82) is 10.5 Å². The highest BCUT2D eigenvalue weighted by Crippen LogP contribution is 2.38. The highest BCUT2D eigenvalue weighted by molar-refractivity contribution is 14.1. The minimum Gasteiger partial charge on any atom is -0.495 e. The summed E-state index contributed by atoms with van der Waals surface area (Å²) in [7, 11) is 1.56. The highest BCUT2D eigenvalue weighted by Gasteiger charge is 2.23. The number of nitriles is 2. The maximum absolute atomic E-state index is 12.7. The first-order valence-corrected chi connectivity index (χ1v) is 11.5. The fourth-order valence-electron chi connectivity index (χ4n) is 3.15. The van der Waals surface area contributed by atoms with Crippen LogP contribution in [0.1, 0.15) is 34.4 Å². The average molecular weight is 615 g/mol. The van der Waals surface area contributed by atoms with Crippen molar-refractivity contribution >= 4 is 73.5 Å². The van der Waals surface area contributed by atoms with Crippen molar-refractivity contribution in [2.45, 2.75) is 25.7 Å². The second-order valence-electron chi connectivity index (χ2n) is 6.16. The standard InChI is InChI=1S/C20H15I2N3O2S/c1-27-18-11(7-13(21)8-16(18)22)6-12(9-23)19(26)25-20-15(10-24)14-4-2-3-5-17(14)28-20/h6-8H,2-5H2,1H3,(H,25,26)/b12-6+. The van der Waals surface area contributed by atoms with Crippen molar-refractivity contribution in [1.82, 2.24) is 0 Å². The van der Waals surface area contributed by atoms with Gasteiger partial charge in [-0.05, 0) is 94.6 Å². The van der Waals surface area contributed by atoms with Gasteiger partial charge in [-0.3, -0.25) is 4.79 Å². The van der Waals surface area contributed by atoms with Crippen LogP contribution in [0.25, 0.3) is 6.08 Å². The number of nitrogens with zero attached hydrogens (tertiary/aromatic N) is 2. The summed E-state index contributed by atoms with van der Waals surface area (Å²) in [6.45, 7) is 0. The first kappa shape index (κ1) is 21.1. The number of anilines is 1. The van der Waals surface area contributed by atoms with Gasteiger partial charge in [0.2, 0.25) is 0 Å². The number of nitrogens with one attached hydrogen (secondary N) is 1. The summed E-state index contributed by atoms with van der Waals surface area (Å²) in [5.41, 5.74) is 2.21. The molecule has 0 radical (unpaired) electrons. The molecule has 1 heterocycles. The van der Waals surface area contributed by atoms with Crippen LogP contribution in [0.4, 0.5) is 5.00 Å². The van der Waals surface area contributed by atoms with Crippen molar-refractivity contribution in [3.8, 4) is 17.9 Å². The van der Waals surface area contributed by atoms with E-state index in [1.807, 2.05) is 18.2 Å². The number of ether oxygens (including phenoxy) is 1. The van der Waals surface area contributed by atoms with Crippen LogP contribution in [0.2, 0.25) is 0 Å². The zero-order valence-electron chi connectivity index (χ0n) is 14.9. The van der Waals surface area contributed by atoms with E-state index in [-0.39, 0.29) is 5.57 Å². The largest absolute Gasteiger partial charge is 0.495 e. The number of hydrogen-bond acceptors (Lipinski definition) is 5. The minimum atomic E-state index is -0.520. The zero-order chi connectivity index (χ0) is 20.3. The Morgan fingerprint density at radius 1 is 1.29 bits per heavy atom. The molecule has 1 aliphatic carbocycles. The molecule has 2 aromatic rings. The molecule has 1 amide bonds. The molecule has 28 heavy (non-hydrogen) atoms. The van der Waals surface area contributed by atoms with Crippen LogP contribution in [-0.4, -0.2) is 13.0 Å². The van der Waals surface area contributed by atoms with Gasteiger partial charge in [-0.25, -0.2) is 0 Å². The fraction of sp³-hybridized carbons (Fsp3) is 0.250. The van der Waals surface area contributed by atoms with Crippen LogP contribution in [0.3, 0.4) is 0 Å². The molecule has 142 valence electrons. The molecule has 0 atom stereocenters. The maximum atomic E-state index is 12.7. The first-order chi connectivity index (χ1) is 13.5. The van der Waals surface area contributed by atoms with E-state index in [2.05, 4.69) is 56.6 Å². The van der Waals surface area contributed by atoms with Crippen molar-refractivity contribution in [2.75, 3.05) is 12.4 Å². The van der Waals surface area contributed by atoms with E-state index >= 15 is 0 Å². The third kappa shape index (κ3) is 4.34. The van der Waals surface area contributed by atoms with Crippen molar-refractivity contribution in [2.24, 2.45) is 0 Å². The predicted octanol–water partition coefficient (Wildman–Crippen LogP) is 5.26. The summed E-state index contributed by atoms with van der Waals surface area (Å²) in [5, 5.41) is 22.4. The number of aryl methyl sites for hydroxylation is 1. The van der Waals surface area contributed by atoms with Crippen molar-refractivity contribution in [3.05, 3.63) is 46.4 Å². The number of benzene rings is 1. The van der Waals surface area contributed by atoms with Crippen molar-refractivity contribution < 1.29 is 9.53 Å². The maximum Gasteiger partial charge on any atom is 0.266 e. The Labute approximate surface area is 194 Å². The van der Waals surface area contributed by atoms with E-state index < -0.39 is 5.91 Å². The topological polar surface area (TPSA) is 85.9 Å². The monoisotopic (exact) mass is 615 g/mol. The Kier molecular flexibility index (Phi) is 6.96. The van der Waals surface area contributed by atoms with Crippen LogP contribution in [0, 0.1) is 29.8 Å². The lowest BCUT2D eigenvalue weighted by molar-refractivity contribution is -0.112. The Morgan fingerprint density at radius 2 is 2.04 bits per heavy atom. The van der Waals surface area contributed by atoms with E-state index in [1.54, 1.807) is 7.11 Å². The first-order valence-electron chi connectivity index (χ1n) is 8.49. The molecule has 0 spiro atoms. The molecule has 8 heteroatoms. The van der Waals surface area contributed by atoms with Gasteiger partial charge in [-0.2, -0.15) is 10.5 Å². The number of carbonyl (C=O) groups excluding carboxylic acids is 1. The quantitative estimate of drug-likeness (QED) is 0.289. The molecule has 1 aliphatic rings. The summed E-state index contributed by atoms with van der Waals surface area (Å²) in [5.74, 6) is 0.0967. The Hall–Kier alpha value is -1.63. The smallest absolute Gasteiger partial charge is 0.266 e. The number of thiophene rings is 1. The lowest BCUT2D eigenvalue weighted by Gasteiger charge is -2.09. The van der Waals surface area contributed by atoms with Gasteiger partial charge in [0.15, 0.2) is 0 Å². The normalized spacial score (nSPS) is 13.2. The van der Waals surface area contributed by atoms with Crippen LogP contribution in [-0.2, 0) is 17.6 Å². The molecule has 5 nitrogen and oxygen atoms in total. The summed E-state index contributed by atoms with van der Waals surface area (Å²) < 4.78 is 7.30. The number of fused-ring (bicyclic) bond motifs is 1. The molecule has 1 aromatic carbocycles. The fourth-order valence-corrected chi connectivity index (χ4v) is 6.49. The number of amides is 1. The molecule has 1 aromatic heterocycles. The van der Waals surface area contributed by atoms with Gasteiger partial charge >= 0.3 is 0 Å². The molecular weight excluding hydrogens is 600 g/mol. The van der Waals surface area contributed by atoms with Crippen LogP contribution >= 0.6 is 56.5 Å². The summed E-state index contributed by atoms with van der Waals surface area (Å²) in [6, 6.07) is 8.01. The lowest BCUT2D eigenvalue weighted by Crippen LogP contribution is -2.13. The van der Waals surface area contributed by atoms with Gasteiger partial charge in [0.25, 0.3) is 5.91 Å². The van der Waals surface area contributed by atoms with E-state index in [0.29, 0.717) is 21.9 Å². The highest BCUT2D eigenvalue weighted by atomic mass is 127. The molecular formula is C20H15I2N3O2S. The second-order valence-corrected chi connectivity index (χ2v) is 9.67. The Balaban J connectivity index is 1.94. The number of halogens is 2. The molecule has 0 bridgehead atoms. The third-order valence-corrected chi connectivity index (χ3v) is 7.05. The third-order valence-electron chi connectivity index (χ3n) is 4.42.